The van der Waals surface area contributed by atoms with E-state index < -0.39 is 11.7 Å². The molecule has 1 amide bonds. The second kappa shape index (κ2) is 6.78. The number of halogens is 2. The van der Waals surface area contributed by atoms with Gasteiger partial charge in [-0.1, -0.05) is 29.3 Å². The lowest BCUT2D eigenvalue weighted by Crippen LogP contribution is -2.32. The topological polar surface area (TPSA) is 51.2 Å². The van der Waals surface area contributed by atoms with E-state index in [4.69, 9.17) is 27.9 Å². The van der Waals surface area contributed by atoms with Crippen molar-refractivity contribution in [1.82, 2.24) is 10.3 Å². The fourth-order valence-electron chi connectivity index (χ4n) is 1.17. The molecule has 0 saturated carbocycles. The van der Waals surface area contributed by atoms with Crippen molar-refractivity contribution < 1.29 is 9.53 Å². The van der Waals surface area contributed by atoms with Gasteiger partial charge in [-0.3, -0.25) is 4.98 Å². The summed E-state index contributed by atoms with van der Waals surface area (Å²) in [7, 11) is 0. The van der Waals surface area contributed by atoms with E-state index in [9.17, 15) is 4.79 Å². The fourth-order valence-corrected chi connectivity index (χ4v) is 1.62. The summed E-state index contributed by atoms with van der Waals surface area (Å²) in [4.78, 5) is 15.4. The zero-order valence-corrected chi connectivity index (χ0v) is 12.5. The van der Waals surface area contributed by atoms with Gasteiger partial charge in [0.15, 0.2) is 0 Å². The molecule has 0 aliphatic rings. The molecule has 0 aliphatic heterocycles. The van der Waals surface area contributed by atoms with Crippen LogP contribution < -0.4 is 5.32 Å². The lowest BCUT2D eigenvalue weighted by Gasteiger charge is -2.19. The largest absolute Gasteiger partial charge is 0.444 e. The molecule has 4 nitrogen and oxygen atoms in total. The van der Waals surface area contributed by atoms with Gasteiger partial charge >= 0.3 is 6.09 Å². The molecule has 0 aromatic carbocycles. The van der Waals surface area contributed by atoms with E-state index in [1.54, 1.807) is 39.0 Å². The molecule has 0 fully saturated rings. The molecule has 0 unspecified atom stereocenters. The first kappa shape index (κ1) is 15.8. The molecular weight excluding hydrogens is 287 g/mol. The minimum Gasteiger partial charge on any atom is -0.444 e. The van der Waals surface area contributed by atoms with Crippen LogP contribution in [0.15, 0.2) is 18.3 Å². The van der Waals surface area contributed by atoms with Gasteiger partial charge in [0.25, 0.3) is 0 Å². The number of nitrogens with zero attached hydrogens (tertiary/aromatic N) is 1. The molecule has 0 radical (unpaired) electrons. The smallest absolute Gasteiger partial charge is 0.407 e. The van der Waals surface area contributed by atoms with E-state index in [-0.39, 0.29) is 0 Å². The number of aromatic nitrogens is 1. The van der Waals surface area contributed by atoms with Gasteiger partial charge in [0.05, 0.1) is 15.7 Å². The summed E-state index contributed by atoms with van der Waals surface area (Å²) >= 11 is 11.7. The maximum absolute atomic E-state index is 11.4. The molecule has 0 aliphatic carbocycles. The van der Waals surface area contributed by atoms with Gasteiger partial charge in [0.1, 0.15) is 5.60 Å². The molecule has 0 atom stereocenters. The molecule has 0 saturated heterocycles. The van der Waals surface area contributed by atoms with E-state index in [0.717, 1.165) is 0 Å². The number of hydrogen-bond donors (Lipinski definition) is 1. The Morgan fingerprint density at radius 2 is 2.16 bits per heavy atom. The van der Waals surface area contributed by atoms with Crippen LogP contribution in [0.4, 0.5) is 4.79 Å². The molecule has 1 N–H and O–H groups in total. The number of ether oxygens (including phenoxy) is 1. The lowest BCUT2D eigenvalue weighted by atomic mass is 10.2. The zero-order chi connectivity index (χ0) is 14.5. The molecule has 104 valence electrons. The average Bonchev–Trinajstić information content (AvgIpc) is 2.24. The third kappa shape index (κ3) is 6.45. The normalized spacial score (nSPS) is 11.6. The Morgan fingerprint density at radius 1 is 1.47 bits per heavy atom. The van der Waals surface area contributed by atoms with Crippen LogP contribution in [-0.4, -0.2) is 23.2 Å². The van der Waals surface area contributed by atoms with Crippen LogP contribution in [0.2, 0.25) is 10.0 Å². The van der Waals surface area contributed by atoms with Gasteiger partial charge in [-0.2, -0.15) is 0 Å². The molecule has 0 bridgehead atoms. The summed E-state index contributed by atoms with van der Waals surface area (Å²) in [6, 6.07) is 1.61. The van der Waals surface area contributed by atoms with Gasteiger partial charge in [-0.25, -0.2) is 4.79 Å². The molecular formula is C13H16Cl2N2O2. The first-order valence-electron chi connectivity index (χ1n) is 5.72. The van der Waals surface area contributed by atoms with Crippen molar-refractivity contribution in [3.63, 3.8) is 0 Å². The molecule has 0 spiro atoms. The van der Waals surface area contributed by atoms with Gasteiger partial charge < -0.3 is 10.1 Å². The number of carbonyl (C=O) groups is 1. The maximum Gasteiger partial charge on any atom is 0.407 e. The summed E-state index contributed by atoms with van der Waals surface area (Å²) in [5.41, 5.74) is 0.0894. The summed E-state index contributed by atoms with van der Waals surface area (Å²) in [5, 5.41) is 3.54. The number of alkyl carbamates (subject to hydrolysis) is 1. The van der Waals surface area contributed by atoms with Gasteiger partial charge in [-0.05, 0) is 32.9 Å². The Morgan fingerprint density at radius 3 is 2.74 bits per heavy atom. The molecule has 19 heavy (non-hydrogen) atoms. The third-order valence-electron chi connectivity index (χ3n) is 1.88. The first-order chi connectivity index (χ1) is 8.78. The predicted molar refractivity (Wildman–Crippen MR) is 77.5 cm³/mol. The standard InChI is InChI=1S/C13H16Cl2N2O2/c1-13(2,3)19-12(18)16-6-4-5-11-10(15)7-9(14)8-17-11/h4-5,7-8H,6H2,1-3H3,(H,16,18). The quantitative estimate of drug-likeness (QED) is 0.920. The van der Waals surface area contributed by atoms with E-state index in [0.29, 0.717) is 22.3 Å². The Bertz CT molecular complexity index is 482. The highest BCUT2D eigenvalue weighted by molar-refractivity contribution is 6.35. The molecule has 1 heterocycles. The van der Waals surface area contributed by atoms with Crippen LogP contribution in [0, 0.1) is 0 Å². The minimum absolute atomic E-state index is 0.329. The Kier molecular flexibility index (Phi) is 5.63. The van der Waals surface area contributed by atoms with Gasteiger partial charge in [-0.15, -0.1) is 0 Å². The van der Waals surface area contributed by atoms with Crippen molar-refractivity contribution >= 4 is 35.4 Å². The van der Waals surface area contributed by atoms with Crippen LogP contribution in [0.3, 0.4) is 0 Å². The highest BCUT2D eigenvalue weighted by Gasteiger charge is 2.14. The van der Waals surface area contributed by atoms with Crippen LogP contribution in [0.1, 0.15) is 26.5 Å². The number of amides is 1. The molecule has 1 aromatic heterocycles. The number of rotatable bonds is 3. The summed E-state index contributed by atoms with van der Waals surface area (Å²) in [6.45, 7) is 5.75. The van der Waals surface area contributed by atoms with Crippen molar-refractivity contribution in [2.45, 2.75) is 26.4 Å². The van der Waals surface area contributed by atoms with Gasteiger partial charge in [0.2, 0.25) is 0 Å². The SMILES string of the molecule is CC(C)(C)OC(=O)NCC=Cc1ncc(Cl)cc1Cl. The van der Waals surface area contributed by atoms with Crippen LogP contribution in [-0.2, 0) is 4.74 Å². The minimum atomic E-state index is -0.505. The lowest BCUT2D eigenvalue weighted by molar-refractivity contribution is 0.0534. The van der Waals surface area contributed by atoms with Crippen molar-refractivity contribution in [2.24, 2.45) is 0 Å². The van der Waals surface area contributed by atoms with Crippen LogP contribution in [0.5, 0.6) is 0 Å². The maximum atomic E-state index is 11.4. The van der Waals surface area contributed by atoms with Crippen molar-refractivity contribution in [1.29, 1.82) is 0 Å². The second-order valence-electron chi connectivity index (χ2n) is 4.81. The summed E-state index contributed by atoms with van der Waals surface area (Å²) in [5.74, 6) is 0. The summed E-state index contributed by atoms with van der Waals surface area (Å²) in [6.07, 6.45) is 4.48. The fraction of sp³-hybridized carbons (Fsp3) is 0.385. The molecule has 1 rings (SSSR count). The second-order valence-corrected chi connectivity index (χ2v) is 5.65. The monoisotopic (exact) mass is 302 g/mol. The first-order valence-corrected chi connectivity index (χ1v) is 6.48. The van der Waals surface area contributed by atoms with E-state index >= 15 is 0 Å². The number of pyridine rings is 1. The van der Waals surface area contributed by atoms with Crippen molar-refractivity contribution in [3.8, 4) is 0 Å². The Hall–Kier alpha value is -1.26. The Balaban J connectivity index is 2.44. The summed E-state index contributed by atoms with van der Waals surface area (Å²) < 4.78 is 5.09. The van der Waals surface area contributed by atoms with E-state index in [2.05, 4.69) is 10.3 Å². The number of carbonyl (C=O) groups excluding carboxylic acids is 1. The Labute approximate surface area is 122 Å². The van der Waals surface area contributed by atoms with Crippen molar-refractivity contribution in [2.75, 3.05) is 6.54 Å². The highest BCUT2D eigenvalue weighted by Crippen LogP contribution is 2.19. The zero-order valence-electron chi connectivity index (χ0n) is 11.0. The van der Waals surface area contributed by atoms with E-state index in [1.807, 2.05) is 0 Å². The van der Waals surface area contributed by atoms with Crippen LogP contribution >= 0.6 is 23.2 Å². The number of hydrogen-bond acceptors (Lipinski definition) is 3. The molecule has 6 heteroatoms. The van der Waals surface area contributed by atoms with Crippen molar-refractivity contribution in [3.05, 3.63) is 34.1 Å². The third-order valence-corrected chi connectivity index (χ3v) is 2.38. The highest BCUT2D eigenvalue weighted by atomic mass is 35.5. The van der Waals surface area contributed by atoms with E-state index in [1.165, 1.54) is 6.20 Å². The number of nitrogens with one attached hydrogen (secondary N) is 1. The van der Waals surface area contributed by atoms with Crippen LogP contribution in [0.25, 0.3) is 6.08 Å². The molecule has 1 aromatic rings. The predicted octanol–water partition coefficient (Wildman–Crippen LogP) is 3.93. The van der Waals surface area contributed by atoms with Gasteiger partial charge in [0, 0.05) is 12.7 Å². The average molecular weight is 303 g/mol.